The van der Waals surface area contributed by atoms with Gasteiger partial charge < -0.3 is 15.4 Å². The molecule has 4 nitrogen and oxygen atoms in total. The number of urea groups is 1. The van der Waals surface area contributed by atoms with Crippen LogP contribution in [0.2, 0.25) is 0 Å². The molecule has 20 heavy (non-hydrogen) atoms. The largest absolute Gasteiger partial charge is 0.497 e. The molecule has 0 fully saturated rings. The molecule has 0 saturated heterocycles. The number of methoxy groups -OCH3 is 1. The lowest BCUT2D eigenvalue weighted by atomic mass is 10.2. The Bertz CT molecular complexity index is 538. The summed E-state index contributed by atoms with van der Waals surface area (Å²) in [6.45, 7) is 2.46. The van der Waals surface area contributed by atoms with Crippen molar-refractivity contribution in [2.75, 3.05) is 7.11 Å². The van der Waals surface area contributed by atoms with E-state index in [0.717, 1.165) is 16.2 Å². The SMILES string of the molecule is COc1ccc(CNC(=O)N[C@H](C)c2cccs2)cc1. The highest BCUT2D eigenvalue weighted by Crippen LogP contribution is 2.17. The standard InChI is InChI=1S/C15H18N2O2S/c1-11(14-4-3-9-20-14)17-15(18)16-10-12-5-7-13(19-2)8-6-12/h3-9,11H,10H2,1-2H3,(H2,16,17,18)/t11-/m1/s1. The minimum Gasteiger partial charge on any atom is -0.497 e. The summed E-state index contributed by atoms with van der Waals surface area (Å²) >= 11 is 1.64. The van der Waals surface area contributed by atoms with Crippen LogP contribution in [0.1, 0.15) is 23.4 Å². The molecule has 2 rings (SSSR count). The van der Waals surface area contributed by atoms with Crippen LogP contribution in [0.15, 0.2) is 41.8 Å². The van der Waals surface area contributed by atoms with Crippen molar-refractivity contribution in [1.29, 1.82) is 0 Å². The van der Waals surface area contributed by atoms with Gasteiger partial charge in [-0.3, -0.25) is 0 Å². The quantitative estimate of drug-likeness (QED) is 0.887. The van der Waals surface area contributed by atoms with Gasteiger partial charge in [-0.25, -0.2) is 4.79 Å². The molecule has 2 amide bonds. The molecule has 1 aromatic carbocycles. The molecule has 0 aliphatic carbocycles. The average molecular weight is 290 g/mol. The predicted octanol–water partition coefficient (Wildman–Crippen LogP) is 3.32. The van der Waals surface area contributed by atoms with E-state index in [1.807, 2.05) is 48.7 Å². The van der Waals surface area contributed by atoms with Gasteiger partial charge in [0.1, 0.15) is 5.75 Å². The number of amides is 2. The smallest absolute Gasteiger partial charge is 0.315 e. The van der Waals surface area contributed by atoms with Crippen molar-refractivity contribution in [3.05, 3.63) is 52.2 Å². The van der Waals surface area contributed by atoms with E-state index < -0.39 is 0 Å². The highest BCUT2D eigenvalue weighted by Gasteiger charge is 2.09. The molecule has 0 radical (unpaired) electrons. The Kier molecular flexibility index (Phi) is 5.01. The second kappa shape index (κ2) is 6.96. The number of hydrogen-bond acceptors (Lipinski definition) is 3. The summed E-state index contributed by atoms with van der Waals surface area (Å²) in [5.74, 6) is 0.810. The predicted molar refractivity (Wildman–Crippen MR) is 81.1 cm³/mol. The van der Waals surface area contributed by atoms with Crippen molar-refractivity contribution in [3.8, 4) is 5.75 Å². The molecule has 1 heterocycles. The van der Waals surface area contributed by atoms with Crippen LogP contribution < -0.4 is 15.4 Å². The molecule has 0 unspecified atom stereocenters. The molecule has 1 atom stereocenters. The van der Waals surface area contributed by atoms with Gasteiger partial charge in [0.15, 0.2) is 0 Å². The van der Waals surface area contributed by atoms with Crippen LogP contribution in [0.3, 0.4) is 0 Å². The lowest BCUT2D eigenvalue weighted by Crippen LogP contribution is -2.36. The van der Waals surface area contributed by atoms with Crippen LogP contribution in [-0.4, -0.2) is 13.1 Å². The van der Waals surface area contributed by atoms with E-state index in [1.54, 1.807) is 18.4 Å². The van der Waals surface area contributed by atoms with Crippen molar-refractivity contribution >= 4 is 17.4 Å². The maximum Gasteiger partial charge on any atom is 0.315 e. The lowest BCUT2D eigenvalue weighted by Gasteiger charge is -2.13. The molecule has 0 bridgehead atoms. The van der Waals surface area contributed by atoms with Crippen LogP contribution in [0.25, 0.3) is 0 Å². The highest BCUT2D eigenvalue weighted by molar-refractivity contribution is 7.10. The molecule has 0 spiro atoms. The van der Waals surface area contributed by atoms with E-state index in [4.69, 9.17) is 4.74 Å². The molecule has 1 aromatic heterocycles. The van der Waals surface area contributed by atoms with Gasteiger partial charge in [-0.05, 0) is 36.1 Å². The van der Waals surface area contributed by atoms with E-state index in [1.165, 1.54) is 0 Å². The summed E-state index contributed by atoms with van der Waals surface area (Å²) in [4.78, 5) is 12.9. The molecule has 2 N–H and O–H groups in total. The fourth-order valence-corrected chi connectivity index (χ4v) is 2.52. The third kappa shape index (κ3) is 3.99. The van der Waals surface area contributed by atoms with Gasteiger partial charge in [0.05, 0.1) is 13.2 Å². The zero-order valence-corrected chi connectivity index (χ0v) is 12.4. The fraction of sp³-hybridized carbons (Fsp3) is 0.267. The number of rotatable bonds is 5. The topological polar surface area (TPSA) is 50.4 Å². The Hall–Kier alpha value is -2.01. The van der Waals surface area contributed by atoms with E-state index in [2.05, 4.69) is 10.6 Å². The number of ether oxygens (including phenoxy) is 1. The Balaban J connectivity index is 1.79. The molecule has 2 aromatic rings. The van der Waals surface area contributed by atoms with E-state index in [0.29, 0.717) is 6.54 Å². The van der Waals surface area contributed by atoms with Crippen LogP contribution in [0.4, 0.5) is 4.79 Å². The van der Waals surface area contributed by atoms with Gasteiger partial charge in [-0.15, -0.1) is 11.3 Å². The number of nitrogens with one attached hydrogen (secondary N) is 2. The molecular formula is C15H18N2O2S. The maximum atomic E-state index is 11.8. The Morgan fingerprint density at radius 2 is 2.05 bits per heavy atom. The number of hydrogen-bond donors (Lipinski definition) is 2. The summed E-state index contributed by atoms with van der Waals surface area (Å²) in [6, 6.07) is 11.5. The van der Waals surface area contributed by atoms with Crippen molar-refractivity contribution in [3.63, 3.8) is 0 Å². The van der Waals surface area contributed by atoms with Crippen molar-refractivity contribution in [2.24, 2.45) is 0 Å². The Morgan fingerprint density at radius 1 is 1.30 bits per heavy atom. The molecular weight excluding hydrogens is 272 g/mol. The molecule has 0 aliphatic heterocycles. The highest BCUT2D eigenvalue weighted by atomic mass is 32.1. The second-order valence-corrected chi connectivity index (χ2v) is 5.39. The summed E-state index contributed by atoms with van der Waals surface area (Å²) < 4.78 is 5.09. The van der Waals surface area contributed by atoms with Crippen LogP contribution >= 0.6 is 11.3 Å². The first kappa shape index (κ1) is 14.4. The van der Waals surface area contributed by atoms with Crippen molar-refractivity contribution in [1.82, 2.24) is 10.6 Å². The van der Waals surface area contributed by atoms with Gasteiger partial charge in [0.25, 0.3) is 0 Å². The van der Waals surface area contributed by atoms with Gasteiger partial charge in [0.2, 0.25) is 0 Å². The molecule has 0 saturated carbocycles. The van der Waals surface area contributed by atoms with Crippen LogP contribution in [0, 0.1) is 0 Å². The first-order chi connectivity index (χ1) is 9.69. The monoisotopic (exact) mass is 290 g/mol. The normalized spacial score (nSPS) is 11.7. The minimum absolute atomic E-state index is 0.0193. The summed E-state index contributed by atoms with van der Waals surface area (Å²) in [5, 5.41) is 7.76. The first-order valence-electron chi connectivity index (χ1n) is 6.39. The summed E-state index contributed by atoms with van der Waals surface area (Å²) in [7, 11) is 1.63. The second-order valence-electron chi connectivity index (χ2n) is 4.41. The number of carbonyl (C=O) groups is 1. The number of thiophene rings is 1. The minimum atomic E-state index is -0.165. The number of benzene rings is 1. The molecule has 0 aliphatic rings. The van der Waals surface area contributed by atoms with Crippen molar-refractivity contribution in [2.45, 2.75) is 19.5 Å². The zero-order chi connectivity index (χ0) is 14.4. The third-order valence-corrected chi connectivity index (χ3v) is 3.98. The Morgan fingerprint density at radius 3 is 2.65 bits per heavy atom. The first-order valence-corrected chi connectivity index (χ1v) is 7.27. The van der Waals surface area contributed by atoms with Gasteiger partial charge in [-0.2, -0.15) is 0 Å². The average Bonchev–Trinajstić information content (AvgIpc) is 3.00. The van der Waals surface area contributed by atoms with E-state index in [9.17, 15) is 4.79 Å². The molecule has 106 valence electrons. The zero-order valence-electron chi connectivity index (χ0n) is 11.6. The molecule has 5 heteroatoms. The van der Waals surface area contributed by atoms with E-state index >= 15 is 0 Å². The van der Waals surface area contributed by atoms with Crippen LogP contribution in [0.5, 0.6) is 5.75 Å². The van der Waals surface area contributed by atoms with Crippen molar-refractivity contribution < 1.29 is 9.53 Å². The van der Waals surface area contributed by atoms with Gasteiger partial charge in [0, 0.05) is 11.4 Å². The van der Waals surface area contributed by atoms with Gasteiger partial charge in [-0.1, -0.05) is 18.2 Å². The Labute approximate surface area is 122 Å². The summed E-state index contributed by atoms with van der Waals surface area (Å²) in [5.41, 5.74) is 1.03. The number of carbonyl (C=O) groups excluding carboxylic acids is 1. The lowest BCUT2D eigenvalue weighted by molar-refractivity contribution is 0.237. The third-order valence-electron chi connectivity index (χ3n) is 2.93. The van der Waals surface area contributed by atoms with E-state index in [-0.39, 0.29) is 12.1 Å². The maximum absolute atomic E-state index is 11.8. The van der Waals surface area contributed by atoms with Crippen LogP contribution in [-0.2, 0) is 6.54 Å². The summed E-state index contributed by atoms with van der Waals surface area (Å²) in [6.07, 6.45) is 0. The fourth-order valence-electron chi connectivity index (χ4n) is 1.78. The van der Waals surface area contributed by atoms with Gasteiger partial charge >= 0.3 is 6.03 Å².